The lowest BCUT2D eigenvalue weighted by atomic mass is 9.93. The van der Waals surface area contributed by atoms with Gasteiger partial charge in [-0.25, -0.2) is 0 Å². The summed E-state index contributed by atoms with van der Waals surface area (Å²) in [7, 11) is 0. The van der Waals surface area contributed by atoms with Crippen LogP contribution in [0.3, 0.4) is 0 Å². The molecule has 0 fully saturated rings. The van der Waals surface area contributed by atoms with Crippen molar-refractivity contribution < 1.29 is 14.6 Å². The predicted octanol–water partition coefficient (Wildman–Crippen LogP) is 3.93. The summed E-state index contributed by atoms with van der Waals surface area (Å²) < 4.78 is 12.1. The third-order valence-electron chi connectivity index (χ3n) is 4.30. The van der Waals surface area contributed by atoms with Crippen LogP contribution in [0, 0.1) is 0 Å². The summed E-state index contributed by atoms with van der Waals surface area (Å²) in [6, 6.07) is 0. The van der Waals surface area contributed by atoms with Gasteiger partial charge >= 0.3 is 0 Å². The smallest absolute Gasteiger partial charge is 0.0699 e. The van der Waals surface area contributed by atoms with E-state index < -0.39 is 0 Å². The number of hydrogen-bond donors (Lipinski definition) is 1. The highest BCUT2D eigenvalue weighted by Crippen LogP contribution is 2.27. The molecule has 1 N–H and O–H groups in total. The second kappa shape index (κ2) is 9.73. The van der Waals surface area contributed by atoms with Crippen LogP contribution in [-0.4, -0.2) is 36.1 Å². The number of hydrogen-bond acceptors (Lipinski definition) is 3. The minimum Gasteiger partial charge on any atom is -0.396 e. The van der Waals surface area contributed by atoms with Crippen LogP contribution >= 0.6 is 0 Å². The van der Waals surface area contributed by atoms with E-state index in [4.69, 9.17) is 14.6 Å². The Labute approximate surface area is 119 Å². The molecular weight excluding hydrogens is 240 g/mol. The summed E-state index contributed by atoms with van der Waals surface area (Å²) in [5, 5.41) is 9.10. The number of rotatable bonds is 12. The second-order valence-corrected chi connectivity index (χ2v) is 5.61. The van der Waals surface area contributed by atoms with Crippen molar-refractivity contribution in [3.8, 4) is 0 Å². The molecule has 0 aromatic carbocycles. The van der Waals surface area contributed by atoms with Crippen molar-refractivity contribution in [3.63, 3.8) is 0 Å². The molecule has 1 unspecified atom stereocenters. The van der Waals surface area contributed by atoms with E-state index in [9.17, 15) is 0 Å². The molecule has 0 heterocycles. The summed E-state index contributed by atoms with van der Waals surface area (Å²) in [5.41, 5.74) is -0.239. The molecule has 0 radical (unpaired) electrons. The maximum atomic E-state index is 9.10. The van der Waals surface area contributed by atoms with E-state index in [1.54, 1.807) is 0 Å². The summed E-state index contributed by atoms with van der Waals surface area (Å²) in [6.45, 7) is 12.4. The molecule has 0 aromatic heterocycles. The van der Waals surface area contributed by atoms with Gasteiger partial charge in [0, 0.05) is 13.2 Å². The molecule has 0 bridgehead atoms. The quantitative estimate of drug-likeness (QED) is 0.586. The molecule has 0 rings (SSSR count). The molecule has 0 aromatic rings. The van der Waals surface area contributed by atoms with Crippen LogP contribution in [-0.2, 0) is 9.47 Å². The molecule has 0 aliphatic heterocycles. The van der Waals surface area contributed by atoms with Crippen molar-refractivity contribution in [2.45, 2.75) is 84.3 Å². The van der Waals surface area contributed by atoms with Gasteiger partial charge in [0.25, 0.3) is 0 Å². The van der Waals surface area contributed by atoms with Crippen molar-refractivity contribution in [1.82, 2.24) is 0 Å². The molecule has 116 valence electrons. The number of ether oxygens (including phenoxy) is 2. The molecule has 0 amide bonds. The summed E-state index contributed by atoms with van der Waals surface area (Å²) in [6.07, 6.45) is 5.66. The van der Waals surface area contributed by atoms with Gasteiger partial charge in [-0.15, -0.1) is 0 Å². The average Bonchev–Trinajstić information content (AvgIpc) is 2.43. The fourth-order valence-corrected chi connectivity index (χ4v) is 2.27. The minimum absolute atomic E-state index is 0.0378. The molecule has 1 atom stereocenters. The lowest BCUT2D eigenvalue weighted by Gasteiger charge is -2.34. The maximum absolute atomic E-state index is 9.10. The fourth-order valence-electron chi connectivity index (χ4n) is 2.27. The monoisotopic (exact) mass is 274 g/mol. The molecule has 3 heteroatoms. The van der Waals surface area contributed by atoms with E-state index in [1.165, 1.54) is 0 Å². The van der Waals surface area contributed by atoms with E-state index in [-0.39, 0.29) is 17.8 Å². The first-order chi connectivity index (χ1) is 9.01. The zero-order chi connectivity index (χ0) is 14.8. The molecule has 3 nitrogen and oxygen atoms in total. The normalized spacial score (nSPS) is 15.5. The fraction of sp³-hybridized carbons (Fsp3) is 1.00. The Morgan fingerprint density at radius 2 is 1.47 bits per heavy atom. The molecule has 0 aliphatic rings. The number of aliphatic hydroxyl groups is 1. The third-order valence-corrected chi connectivity index (χ3v) is 4.30. The number of aliphatic hydroxyl groups excluding tert-OH is 1. The zero-order valence-corrected chi connectivity index (χ0v) is 13.6. The Morgan fingerprint density at radius 1 is 0.842 bits per heavy atom. The van der Waals surface area contributed by atoms with Gasteiger partial charge in [0.15, 0.2) is 0 Å². The van der Waals surface area contributed by atoms with Crippen LogP contribution in [0.4, 0.5) is 0 Å². The lowest BCUT2D eigenvalue weighted by molar-refractivity contribution is -0.102. The van der Waals surface area contributed by atoms with Crippen molar-refractivity contribution in [3.05, 3.63) is 0 Å². The van der Waals surface area contributed by atoms with E-state index >= 15 is 0 Å². The van der Waals surface area contributed by atoms with Gasteiger partial charge in [-0.1, -0.05) is 27.7 Å². The van der Waals surface area contributed by atoms with E-state index in [0.717, 1.165) is 38.7 Å². The molecule has 19 heavy (non-hydrogen) atoms. The van der Waals surface area contributed by atoms with Crippen LogP contribution in [0.5, 0.6) is 0 Å². The van der Waals surface area contributed by atoms with E-state index in [2.05, 4.69) is 34.6 Å². The Morgan fingerprint density at radius 3 is 1.89 bits per heavy atom. The first kappa shape index (κ1) is 18.9. The SMILES string of the molecule is CCCOC(CC)(CC)CCOC(C)(CC)CCO. The standard InChI is InChI=1S/C16H34O3/c1-6-13-19-16(8-3,9-4)11-14-18-15(5,7-2)10-12-17/h17H,6-14H2,1-5H3. The summed E-state index contributed by atoms with van der Waals surface area (Å²) in [4.78, 5) is 0. The lowest BCUT2D eigenvalue weighted by Crippen LogP contribution is -2.36. The first-order valence-corrected chi connectivity index (χ1v) is 7.90. The third kappa shape index (κ3) is 6.73. The van der Waals surface area contributed by atoms with Crippen molar-refractivity contribution in [2.24, 2.45) is 0 Å². The van der Waals surface area contributed by atoms with Crippen LogP contribution in [0.1, 0.15) is 73.1 Å². The Kier molecular flexibility index (Phi) is 9.67. The first-order valence-electron chi connectivity index (χ1n) is 7.90. The van der Waals surface area contributed by atoms with Gasteiger partial charge in [-0.2, -0.15) is 0 Å². The summed E-state index contributed by atoms with van der Waals surface area (Å²) in [5.74, 6) is 0. The highest BCUT2D eigenvalue weighted by molar-refractivity contribution is 4.79. The minimum atomic E-state index is -0.202. The van der Waals surface area contributed by atoms with E-state index in [1.807, 2.05) is 0 Å². The van der Waals surface area contributed by atoms with Crippen LogP contribution in [0.15, 0.2) is 0 Å². The Hall–Kier alpha value is -0.120. The van der Waals surface area contributed by atoms with Crippen molar-refractivity contribution >= 4 is 0 Å². The van der Waals surface area contributed by atoms with Gasteiger partial charge in [0.2, 0.25) is 0 Å². The van der Waals surface area contributed by atoms with Crippen LogP contribution in [0.2, 0.25) is 0 Å². The molecule has 0 saturated heterocycles. The average molecular weight is 274 g/mol. The molecular formula is C16H34O3. The van der Waals surface area contributed by atoms with E-state index in [0.29, 0.717) is 13.0 Å². The topological polar surface area (TPSA) is 38.7 Å². The van der Waals surface area contributed by atoms with Crippen molar-refractivity contribution in [2.75, 3.05) is 19.8 Å². The maximum Gasteiger partial charge on any atom is 0.0699 e. The van der Waals surface area contributed by atoms with Gasteiger partial charge in [-0.3, -0.25) is 0 Å². The molecule has 0 spiro atoms. The largest absolute Gasteiger partial charge is 0.396 e. The van der Waals surface area contributed by atoms with Crippen LogP contribution < -0.4 is 0 Å². The predicted molar refractivity (Wildman–Crippen MR) is 80.5 cm³/mol. The Balaban J connectivity index is 4.31. The Bertz CT molecular complexity index is 214. The second-order valence-electron chi connectivity index (χ2n) is 5.61. The molecule has 0 saturated carbocycles. The van der Waals surface area contributed by atoms with Gasteiger partial charge in [0.05, 0.1) is 17.8 Å². The van der Waals surface area contributed by atoms with Gasteiger partial charge in [0.1, 0.15) is 0 Å². The molecule has 0 aliphatic carbocycles. The van der Waals surface area contributed by atoms with Crippen molar-refractivity contribution in [1.29, 1.82) is 0 Å². The highest BCUT2D eigenvalue weighted by atomic mass is 16.5. The summed E-state index contributed by atoms with van der Waals surface area (Å²) >= 11 is 0. The highest BCUT2D eigenvalue weighted by Gasteiger charge is 2.29. The van der Waals surface area contributed by atoms with Gasteiger partial charge < -0.3 is 14.6 Å². The zero-order valence-electron chi connectivity index (χ0n) is 13.6. The van der Waals surface area contributed by atoms with Gasteiger partial charge in [-0.05, 0) is 45.4 Å². The van der Waals surface area contributed by atoms with Crippen LogP contribution in [0.25, 0.3) is 0 Å².